The Hall–Kier alpha value is -4.72. The molecule has 0 aliphatic rings. The number of amides is 1. The van der Waals surface area contributed by atoms with Crippen LogP contribution in [0.25, 0.3) is 16.6 Å². The highest BCUT2D eigenvalue weighted by molar-refractivity contribution is 6.15. The quantitative estimate of drug-likeness (QED) is 0.338. The lowest BCUT2D eigenvalue weighted by molar-refractivity contribution is 0.102. The van der Waals surface area contributed by atoms with Crippen molar-refractivity contribution in [1.29, 1.82) is 0 Å². The lowest BCUT2D eigenvalue weighted by atomic mass is 10.0. The van der Waals surface area contributed by atoms with Crippen LogP contribution in [0.2, 0.25) is 0 Å². The van der Waals surface area contributed by atoms with Crippen molar-refractivity contribution in [2.75, 3.05) is 11.9 Å². The molecular weight excluding hydrogens is 442 g/mol. The van der Waals surface area contributed by atoms with Crippen molar-refractivity contribution >= 4 is 22.4 Å². The van der Waals surface area contributed by atoms with Crippen molar-refractivity contribution in [3.63, 3.8) is 0 Å². The lowest BCUT2D eigenvalue weighted by Gasteiger charge is -2.14. The van der Waals surface area contributed by atoms with E-state index in [1.54, 1.807) is 36.5 Å². The molecule has 0 saturated heterocycles. The van der Waals surface area contributed by atoms with Gasteiger partial charge >= 0.3 is 0 Å². The third-order valence-corrected chi connectivity index (χ3v) is 5.45. The van der Waals surface area contributed by atoms with Gasteiger partial charge in [0.2, 0.25) is 5.88 Å². The molecule has 1 amide bonds. The van der Waals surface area contributed by atoms with E-state index in [4.69, 9.17) is 9.47 Å². The van der Waals surface area contributed by atoms with E-state index < -0.39 is 0 Å². The molecule has 8 nitrogen and oxygen atoms in total. The minimum absolute atomic E-state index is 0.241. The summed E-state index contributed by atoms with van der Waals surface area (Å²) in [5.74, 6) is 2.73. The van der Waals surface area contributed by atoms with Crippen molar-refractivity contribution in [3.8, 4) is 23.2 Å². The van der Waals surface area contributed by atoms with Gasteiger partial charge in [-0.3, -0.25) is 9.36 Å². The zero-order valence-corrected chi connectivity index (χ0v) is 19.3. The third kappa shape index (κ3) is 4.67. The van der Waals surface area contributed by atoms with Crippen molar-refractivity contribution in [2.45, 2.75) is 13.8 Å². The van der Waals surface area contributed by atoms with Crippen LogP contribution in [0, 0.1) is 6.92 Å². The second-order valence-corrected chi connectivity index (χ2v) is 7.75. The van der Waals surface area contributed by atoms with Crippen molar-refractivity contribution in [2.24, 2.45) is 0 Å². The zero-order chi connectivity index (χ0) is 24.2. The van der Waals surface area contributed by atoms with Gasteiger partial charge < -0.3 is 14.8 Å². The molecule has 0 aliphatic carbocycles. The fraction of sp³-hybridized carbons (Fsp3) is 0.111. The molecule has 5 rings (SSSR count). The SMILES string of the molecule is CCOc1ccc2ccccc2c1C(=O)Nc1ccc(Oc2ccc(-n3ccnc3C)nn2)cc1. The second-order valence-electron chi connectivity index (χ2n) is 7.75. The van der Waals surface area contributed by atoms with Gasteiger partial charge in [-0.1, -0.05) is 30.3 Å². The summed E-state index contributed by atoms with van der Waals surface area (Å²) in [4.78, 5) is 17.4. The van der Waals surface area contributed by atoms with Gasteiger partial charge in [0.25, 0.3) is 5.91 Å². The first kappa shape index (κ1) is 22.1. The van der Waals surface area contributed by atoms with Gasteiger partial charge in [0.05, 0.1) is 12.2 Å². The summed E-state index contributed by atoms with van der Waals surface area (Å²) in [6.07, 6.45) is 3.53. The van der Waals surface area contributed by atoms with Gasteiger partial charge in [-0.05, 0) is 61.0 Å². The molecule has 0 unspecified atom stereocenters. The Bertz CT molecular complexity index is 1480. The number of carbonyl (C=O) groups excluding carboxylic acids is 1. The fourth-order valence-corrected chi connectivity index (χ4v) is 3.80. The number of imidazole rings is 1. The van der Waals surface area contributed by atoms with Gasteiger partial charge in [-0.2, -0.15) is 0 Å². The van der Waals surface area contributed by atoms with Crippen LogP contribution in [-0.2, 0) is 0 Å². The highest BCUT2D eigenvalue weighted by Gasteiger charge is 2.17. The van der Waals surface area contributed by atoms with Crippen LogP contribution >= 0.6 is 0 Å². The minimum Gasteiger partial charge on any atom is -0.493 e. The fourth-order valence-electron chi connectivity index (χ4n) is 3.80. The molecule has 0 radical (unpaired) electrons. The van der Waals surface area contributed by atoms with E-state index in [9.17, 15) is 4.79 Å². The summed E-state index contributed by atoms with van der Waals surface area (Å²) >= 11 is 0. The molecule has 5 aromatic rings. The Balaban J connectivity index is 1.31. The number of aryl methyl sites for hydroxylation is 1. The van der Waals surface area contributed by atoms with Crippen LogP contribution in [-0.4, -0.2) is 32.3 Å². The largest absolute Gasteiger partial charge is 0.493 e. The van der Waals surface area contributed by atoms with E-state index in [-0.39, 0.29) is 5.91 Å². The topological polar surface area (TPSA) is 91.2 Å². The van der Waals surface area contributed by atoms with Crippen molar-refractivity contribution in [1.82, 2.24) is 19.7 Å². The maximum Gasteiger partial charge on any atom is 0.260 e. The number of benzene rings is 3. The second kappa shape index (κ2) is 9.64. The van der Waals surface area contributed by atoms with Crippen LogP contribution in [0.1, 0.15) is 23.1 Å². The maximum atomic E-state index is 13.2. The van der Waals surface area contributed by atoms with Crippen LogP contribution in [0.15, 0.2) is 85.2 Å². The zero-order valence-electron chi connectivity index (χ0n) is 19.3. The Kier molecular flexibility index (Phi) is 6.09. The number of nitrogens with one attached hydrogen (secondary N) is 1. The predicted octanol–water partition coefficient (Wildman–Crippen LogP) is 5.57. The number of rotatable bonds is 7. The summed E-state index contributed by atoms with van der Waals surface area (Å²) < 4.78 is 13.4. The first-order valence-corrected chi connectivity index (χ1v) is 11.2. The van der Waals surface area contributed by atoms with E-state index in [0.29, 0.717) is 41.1 Å². The van der Waals surface area contributed by atoms with E-state index in [2.05, 4.69) is 20.5 Å². The molecule has 0 spiro atoms. The number of hydrogen-bond acceptors (Lipinski definition) is 6. The molecule has 35 heavy (non-hydrogen) atoms. The van der Waals surface area contributed by atoms with E-state index in [1.165, 1.54) is 0 Å². The molecule has 0 saturated carbocycles. The average Bonchev–Trinajstić information content (AvgIpc) is 3.31. The first-order valence-electron chi connectivity index (χ1n) is 11.2. The number of fused-ring (bicyclic) bond motifs is 1. The maximum absolute atomic E-state index is 13.2. The number of nitrogens with zero attached hydrogens (tertiary/aromatic N) is 4. The van der Waals surface area contributed by atoms with Gasteiger partial charge in [0.15, 0.2) is 5.82 Å². The molecular formula is C27H23N5O3. The molecule has 0 atom stereocenters. The Morgan fingerprint density at radius 1 is 0.971 bits per heavy atom. The Morgan fingerprint density at radius 2 is 1.80 bits per heavy atom. The molecule has 1 N–H and O–H groups in total. The summed E-state index contributed by atoms with van der Waals surface area (Å²) in [5, 5.41) is 13.1. The molecule has 3 aromatic carbocycles. The van der Waals surface area contributed by atoms with E-state index in [0.717, 1.165) is 16.6 Å². The molecule has 2 heterocycles. The molecule has 2 aromatic heterocycles. The number of hydrogen-bond donors (Lipinski definition) is 1. The number of ether oxygens (including phenoxy) is 2. The number of aromatic nitrogens is 4. The molecule has 0 aliphatic heterocycles. The summed E-state index contributed by atoms with van der Waals surface area (Å²) in [7, 11) is 0. The molecule has 0 bridgehead atoms. The summed E-state index contributed by atoms with van der Waals surface area (Å²) in [6.45, 7) is 4.26. The van der Waals surface area contributed by atoms with E-state index >= 15 is 0 Å². The lowest BCUT2D eigenvalue weighted by Crippen LogP contribution is -2.14. The molecule has 0 fully saturated rings. The van der Waals surface area contributed by atoms with E-state index in [1.807, 2.05) is 67.1 Å². The molecule has 8 heteroatoms. The monoisotopic (exact) mass is 465 g/mol. The highest BCUT2D eigenvalue weighted by atomic mass is 16.5. The van der Waals surface area contributed by atoms with Crippen LogP contribution in [0.5, 0.6) is 17.4 Å². The van der Waals surface area contributed by atoms with Crippen molar-refractivity contribution < 1.29 is 14.3 Å². The van der Waals surface area contributed by atoms with Gasteiger partial charge in [0.1, 0.15) is 17.3 Å². The standard InChI is InChI=1S/C27H23N5O3/c1-3-34-23-13-8-19-6-4-5-7-22(19)26(23)27(33)29-20-9-11-21(12-10-20)35-25-15-14-24(30-31-25)32-17-16-28-18(32)2/h4-17H,3H2,1-2H3,(H,29,33). The number of carbonyl (C=O) groups is 1. The van der Waals surface area contributed by atoms with Crippen LogP contribution < -0.4 is 14.8 Å². The smallest absolute Gasteiger partial charge is 0.260 e. The van der Waals surface area contributed by atoms with Crippen molar-refractivity contribution in [3.05, 3.63) is 96.6 Å². The predicted molar refractivity (Wildman–Crippen MR) is 133 cm³/mol. The van der Waals surface area contributed by atoms with Crippen LogP contribution in [0.4, 0.5) is 5.69 Å². The van der Waals surface area contributed by atoms with Gasteiger partial charge in [0, 0.05) is 24.1 Å². The van der Waals surface area contributed by atoms with Gasteiger partial charge in [-0.25, -0.2) is 4.98 Å². The molecule has 174 valence electrons. The minimum atomic E-state index is -0.241. The summed E-state index contributed by atoms with van der Waals surface area (Å²) in [6, 6.07) is 22.2. The Labute approximate surface area is 202 Å². The third-order valence-electron chi connectivity index (χ3n) is 5.45. The van der Waals surface area contributed by atoms with Crippen LogP contribution in [0.3, 0.4) is 0 Å². The highest BCUT2D eigenvalue weighted by Crippen LogP contribution is 2.29. The average molecular weight is 466 g/mol. The van der Waals surface area contributed by atoms with Gasteiger partial charge in [-0.15, -0.1) is 10.2 Å². The normalized spacial score (nSPS) is 10.8. The number of anilines is 1. The summed E-state index contributed by atoms with van der Waals surface area (Å²) in [5.41, 5.74) is 1.14. The first-order chi connectivity index (χ1) is 17.1. The Morgan fingerprint density at radius 3 is 2.51 bits per heavy atom.